The SMILES string of the molecule is C=CCS(=O)(=O)Nc1ccn(Cc2ccccc2)c1. The second-order valence-electron chi connectivity index (χ2n) is 4.23. The monoisotopic (exact) mass is 276 g/mol. The van der Waals surface area contributed by atoms with Gasteiger partial charge in [0.2, 0.25) is 10.0 Å². The van der Waals surface area contributed by atoms with Crippen LogP contribution in [-0.2, 0) is 16.6 Å². The molecule has 0 bridgehead atoms. The summed E-state index contributed by atoms with van der Waals surface area (Å²) in [5, 5.41) is 0. The van der Waals surface area contributed by atoms with Gasteiger partial charge in [0.1, 0.15) is 0 Å². The van der Waals surface area contributed by atoms with Gasteiger partial charge in [0.15, 0.2) is 0 Å². The second-order valence-corrected chi connectivity index (χ2v) is 6.00. The van der Waals surface area contributed by atoms with Gasteiger partial charge in [0, 0.05) is 18.9 Å². The first-order valence-corrected chi connectivity index (χ1v) is 7.55. The predicted molar refractivity (Wildman–Crippen MR) is 77.6 cm³/mol. The minimum absolute atomic E-state index is 0.0864. The highest BCUT2D eigenvalue weighted by Crippen LogP contribution is 2.12. The van der Waals surface area contributed by atoms with Crippen molar-refractivity contribution in [2.24, 2.45) is 0 Å². The summed E-state index contributed by atoms with van der Waals surface area (Å²) in [4.78, 5) is 0. The zero-order valence-corrected chi connectivity index (χ0v) is 11.3. The van der Waals surface area contributed by atoms with Crippen molar-refractivity contribution in [3.8, 4) is 0 Å². The Morgan fingerprint density at radius 1 is 1.21 bits per heavy atom. The van der Waals surface area contributed by atoms with Crippen molar-refractivity contribution in [1.82, 2.24) is 4.57 Å². The van der Waals surface area contributed by atoms with Crippen LogP contribution in [0.25, 0.3) is 0 Å². The van der Waals surface area contributed by atoms with Crippen LogP contribution in [0.1, 0.15) is 5.56 Å². The van der Waals surface area contributed by atoms with Gasteiger partial charge in [-0.2, -0.15) is 0 Å². The summed E-state index contributed by atoms with van der Waals surface area (Å²) in [5.74, 6) is -0.0864. The molecule has 0 unspecified atom stereocenters. The molecule has 1 aromatic carbocycles. The topological polar surface area (TPSA) is 51.1 Å². The average molecular weight is 276 g/mol. The lowest BCUT2D eigenvalue weighted by molar-refractivity contribution is 0.604. The Morgan fingerprint density at radius 3 is 2.63 bits per heavy atom. The van der Waals surface area contributed by atoms with Gasteiger partial charge in [-0.25, -0.2) is 8.42 Å². The number of hydrogen-bond donors (Lipinski definition) is 1. The van der Waals surface area contributed by atoms with Crippen LogP contribution < -0.4 is 4.72 Å². The van der Waals surface area contributed by atoms with E-state index < -0.39 is 10.0 Å². The molecule has 0 aliphatic rings. The summed E-state index contributed by atoms with van der Waals surface area (Å²) in [6.07, 6.45) is 4.98. The van der Waals surface area contributed by atoms with Gasteiger partial charge in [-0.1, -0.05) is 36.4 Å². The number of nitrogens with one attached hydrogen (secondary N) is 1. The van der Waals surface area contributed by atoms with E-state index in [0.717, 1.165) is 0 Å². The number of hydrogen-bond acceptors (Lipinski definition) is 2. The fourth-order valence-electron chi connectivity index (χ4n) is 1.77. The summed E-state index contributed by atoms with van der Waals surface area (Å²) in [5.41, 5.74) is 1.73. The quantitative estimate of drug-likeness (QED) is 0.824. The van der Waals surface area contributed by atoms with Crippen molar-refractivity contribution in [2.45, 2.75) is 6.54 Å². The van der Waals surface area contributed by atoms with Crippen molar-refractivity contribution in [2.75, 3.05) is 10.5 Å². The van der Waals surface area contributed by atoms with Crippen LogP contribution in [0, 0.1) is 0 Å². The summed E-state index contributed by atoms with van der Waals surface area (Å²) in [7, 11) is -3.33. The fourth-order valence-corrected chi connectivity index (χ4v) is 2.64. The standard InChI is InChI=1S/C14H16N2O2S/c1-2-10-19(17,18)15-14-8-9-16(12-14)11-13-6-4-3-5-7-13/h2-9,12,15H,1,10-11H2. The van der Waals surface area contributed by atoms with Crippen LogP contribution >= 0.6 is 0 Å². The van der Waals surface area contributed by atoms with E-state index in [0.29, 0.717) is 12.2 Å². The van der Waals surface area contributed by atoms with Crippen LogP contribution in [0.3, 0.4) is 0 Å². The zero-order chi connectivity index (χ0) is 13.7. The van der Waals surface area contributed by atoms with Gasteiger partial charge in [0.05, 0.1) is 11.4 Å². The second kappa shape index (κ2) is 5.75. The molecule has 19 heavy (non-hydrogen) atoms. The zero-order valence-electron chi connectivity index (χ0n) is 10.5. The Labute approximate surface area is 113 Å². The maximum atomic E-state index is 11.6. The Balaban J connectivity index is 2.05. The van der Waals surface area contributed by atoms with Crippen LogP contribution in [0.15, 0.2) is 61.4 Å². The molecule has 0 aliphatic carbocycles. The molecule has 0 saturated carbocycles. The predicted octanol–water partition coefficient (Wildman–Crippen LogP) is 2.46. The molecule has 0 amide bonds. The highest BCUT2D eigenvalue weighted by molar-refractivity contribution is 7.92. The van der Waals surface area contributed by atoms with Gasteiger partial charge in [-0.15, -0.1) is 6.58 Å². The van der Waals surface area contributed by atoms with Crippen molar-refractivity contribution in [3.05, 3.63) is 67.0 Å². The lowest BCUT2D eigenvalue weighted by Crippen LogP contribution is -2.14. The first kappa shape index (κ1) is 13.4. The molecule has 2 rings (SSSR count). The van der Waals surface area contributed by atoms with E-state index in [9.17, 15) is 8.42 Å². The molecule has 1 heterocycles. The molecule has 4 nitrogen and oxygen atoms in total. The number of aromatic nitrogens is 1. The Bertz CT molecular complexity index is 645. The summed E-state index contributed by atoms with van der Waals surface area (Å²) >= 11 is 0. The molecule has 0 aliphatic heterocycles. The maximum absolute atomic E-state index is 11.6. The Morgan fingerprint density at radius 2 is 1.95 bits per heavy atom. The first-order valence-electron chi connectivity index (χ1n) is 5.90. The van der Waals surface area contributed by atoms with Crippen LogP contribution in [-0.4, -0.2) is 18.7 Å². The minimum atomic E-state index is -3.33. The van der Waals surface area contributed by atoms with E-state index in [1.54, 1.807) is 12.3 Å². The molecule has 2 aromatic rings. The third kappa shape index (κ3) is 3.99. The third-order valence-corrected chi connectivity index (χ3v) is 3.79. The number of nitrogens with zero attached hydrogens (tertiary/aromatic N) is 1. The molecule has 5 heteroatoms. The number of rotatable bonds is 6. The molecular weight excluding hydrogens is 260 g/mol. The fraction of sp³-hybridized carbons (Fsp3) is 0.143. The van der Waals surface area contributed by atoms with Gasteiger partial charge in [-0.05, 0) is 11.6 Å². The van der Waals surface area contributed by atoms with Crippen molar-refractivity contribution in [1.29, 1.82) is 0 Å². The summed E-state index contributed by atoms with van der Waals surface area (Å²) in [6, 6.07) is 11.7. The highest BCUT2D eigenvalue weighted by Gasteiger charge is 2.08. The molecule has 1 N–H and O–H groups in total. The largest absolute Gasteiger partial charge is 0.348 e. The van der Waals surface area contributed by atoms with E-state index in [2.05, 4.69) is 11.3 Å². The molecule has 1 aromatic heterocycles. The first-order chi connectivity index (χ1) is 9.09. The van der Waals surface area contributed by atoms with E-state index in [-0.39, 0.29) is 5.75 Å². The highest BCUT2D eigenvalue weighted by atomic mass is 32.2. The van der Waals surface area contributed by atoms with Gasteiger partial charge in [0.25, 0.3) is 0 Å². The smallest absolute Gasteiger partial charge is 0.236 e. The van der Waals surface area contributed by atoms with Crippen LogP contribution in [0.4, 0.5) is 5.69 Å². The number of anilines is 1. The van der Waals surface area contributed by atoms with E-state index in [1.165, 1.54) is 11.6 Å². The Kier molecular flexibility index (Phi) is 4.06. The van der Waals surface area contributed by atoms with E-state index >= 15 is 0 Å². The third-order valence-electron chi connectivity index (χ3n) is 2.57. The normalized spacial score (nSPS) is 11.2. The summed E-state index contributed by atoms with van der Waals surface area (Å²) < 4.78 is 27.6. The summed E-state index contributed by atoms with van der Waals surface area (Å²) in [6.45, 7) is 4.14. The number of benzene rings is 1. The van der Waals surface area contributed by atoms with Crippen molar-refractivity contribution >= 4 is 15.7 Å². The minimum Gasteiger partial charge on any atom is -0.348 e. The Hall–Kier alpha value is -2.01. The molecule has 0 radical (unpaired) electrons. The molecule has 100 valence electrons. The lowest BCUT2D eigenvalue weighted by Gasteiger charge is -2.04. The van der Waals surface area contributed by atoms with Gasteiger partial charge < -0.3 is 4.57 Å². The molecule has 0 atom stereocenters. The van der Waals surface area contributed by atoms with E-state index in [1.807, 2.05) is 41.1 Å². The molecule has 0 spiro atoms. The van der Waals surface area contributed by atoms with Crippen LogP contribution in [0.2, 0.25) is 0 Å². The van der Waals surface area contributed by atoms with Gasteiger partial charge in [-0.3, -0.25) is 4.72 Å². The molecule has 0 saturated heterocycles. The van der Waals surface area contributed by atoms with Crippen molar-refractivity contribution in [3.63, 3.8) is 0 Å². The van der Waals surface area contributed by atoms with Gasteiger partial charge >= 0.3 is 0 Å². The molecular formula is C14H16N2O2S. The maximum Gasteiger partial charge on any atom is 0.236 e. The van der Waals surface area contributed by atoms with Crippen LogP contribution in [0.5, 0.6) is 0 Å². The van der Waals surface area contributed by atoms with E-state index in [4.69, 9.17) is 0 Å². The van der Waals surface area contributed by atoms with Crippen molar-refractivity contribution < 1.29 is 8.42 Å². The molecule has 0 fully saturated rings. The lowest BCUT2D eigenvalue weighted by atomic mass is 10.2. The number of sulfonamides is 1. The average Bonchev–Trinajstić information content (AvgIpc) is 2.76.